The van der Waals surface area contributed by atoms with Crippen molar-refractivity contribution >= 4 is 11.7 Å². The molecule has 4 heteroatoms. The molecule has 1 aliphatic rings. The van der Waals surface area contributed by atoms with Crippen LogP contribution in [0.5, 0.6) is 0 Å². The van der Waals surface area contributed by atoms with Gasteiger partial charge in [-0.25, -0.2) is 4.79 Å². The fraction of sp³-hybridized carbons (Fsp3) is 0.412. The SMILES string of the molecule is CCCC1=N[C@H](c2ccccc2)CC(O)=C1C(=O)OCC. The molecule has 1 aromatic carbocycles. The van der Waals surface area contributed by atoms with Gasteiger partial charge in [0.15, 0.2) is 0 Å². The lowest BCUT2D eigenvalue weighted by atomic mass is 9.94. The quantitative estimate of drug-likeness (QED) is 0.839. The third kappa shape index (κ3) is 3.51. The van der Waals surface area contributed by atoms with E-state index in [0.717, 1.165) is 12.0 Å². The lowest BCUT2D eigenvalue weighted by molar-refractivity contribution is -0.138. The highest BCUT2D eigenvalue weighted by Crippen LogP contribution is 2.32. The summed E-state index contributed by atoms with van der Waals surface area (Å²) in [7, 11) is 0. The van der Waals surface area contributed by atoms with Crippen LogP contribution in [0.15, 0.2) is 46.7 Å². The molecule has 0 aliphatic carbocycles. The Morgan fingerprint density at radius 3 is 2.67 bits per heavy atom. The van der Waals surface area contributed by atoms with Crippen molar-refractivity contribution in [1.29, 1.82) is 0 Å². The maximum atomic E-state index is 12.0. The highest BCUT2D eigenvalue weighted by molar-refractivity contribution is 6.20. The molecule has 0 spiro atoms. The summed E-state index contributed by atoms with van der Waals surface area (Å²) < 4.78 is 5.03. The third-order valence-electron chi connectivity index (χ3n) is 3.43. The number of aliphatic hydroxyl groups excluding tert-OH is 1. The van der Waals surface area contributed by atoms with Crippen molar-refractivity contribution in [2.45, 2.75) is 39.2 Å². The maximum Gasteiger partial charge on any atom is 0.343 e. The first-order chi connectivity index (χ1) is 10.2. The lowest BCUT2D eigenvalue weighted by Crippen LogP contribution is -2.23. The van der Waals surface area contributed by atoms with Gasteiger partial charge >= 0.3 is 5.97 Å². The van der Waals surface area contributed by atoms with Crippen molar-refractivity contribution in [3.8, 4) is 0 Å². The highest BCUT2D eigenvalue weighted by atomic mass is 16.5. The molecule has 0 unspecified atom stereocenters. The van der Waals surface area contributed by atoms with Crippen LogP contribution in [-0.2, 0) is 9.53 Å². The van der Waals surface area contributed by atoms with Crippen molar-refractivity contribution in [2.75, 3.05) is 6.61 Å². The number of hydrogen-bond donors (Lipinski definition) is 1. The number of carbonyl (C=O) groups excluding carboxylic acids is 1. The molecular formula is C17H21NO3. The standard InChI is InChI=1S/C17H21NO3/c1-3-8-13-16(17(20)21-4-2)15(19)11-14(18-13)12-9-6-5-7-10-12/h5-7,9-10,14,19H,3-4,8,11H2,1-2H3/t14-/m0/s1. The van der Waals surface area contributed by atoms with Gasteiger partial charge in [-0.15, -0.1) is 0 Å². The van der Waals surface area contributed by atoms with Crippen LogP contribution in [0.3, 0.4) is 0 Å². The summed E-state index contributed by atoms with van der Waals surface area (Å²) >= 11 is 0. The fourth-order valence-corrected chi connectivity index (χ4v) is 2.48. The van der Waals surface area contributed by atoms with Gasteiger partial charge < -0.3 is 9.84 Å². The van der Waals surface area contributed by atoms with Crippen molar-refractivity contribution in [3.63, 3.8) is 0 Å². The zero-order chi connectivity index (χ0) is 15.2. The van der Waals surface area contributed by atoms with E-state index in [4.69, 9.17) is 4.74 Å². The van der Waals surface area contributed by atoms with E-state index in [1.54, 1.807) is 6.92 Å². The molecule has 1 aromatic rings. The zero-order valence-electron chi connectivity index (χ0n) is 12.5. The molecule has 0 saturated heterocycles. The Labute approximate surface area is 125 Å². The summed E-state index contributed by atoms with van der Waals surface area (Å²) in [6.45, 7) is 4.06. The predicted molar refractivity (Wildman–Crippen MR) is 82.4 cm³/mol. The van der Waals surface area contributed by atoms with E-state index in [2.05, 4.69) is 4.99 Å². The monoisotopic (exact) mass is 287 g/mol. The third-order valence-corrected chi connectivity index (χ3v) is 3.43. The average Bonchev–Trinajstić information content (AvgIpc) is 2.48. The predicted octanol–water partition coefficient (Wildman–Crippen LogP) is 3.75. The van der Waals surface area contributed by atoms with Gasteiger partial charge in [-0.05, 0) is 18.9 Å². The topological polar surface area (TPSA) is 58.9 Å². The van der Waals surface area contributed by atoms with E-state index in [1.165, 1.54) is 0 Å². The molecular weight excluding hydrogens is 266 g/mol. The molecule has 1 atom stereocenters. The van der Waals surface area contributed by atoms with Crippen molar-refractivity contribution in [2.24, 2.45) is 4.99 Å². The van der Waals surface area contributed by atoms with Gasteiger partial charge in [-0.3, -0.25) is 4.99 Å². The van der Waals surface area contributed by atoms with E-state index in [0.29, 0.717) is 18.6 Å². The van der Waals surface area contributed by atoms with E-state index in [1.807, 2.05) is 37.3 Å². The summed E-state index contributed by atoms with van der Waals surface area (Å²) in [4.78, 5) is 16.7. The fourth-order valence-electron chi connectivity index (χ4n) is 2.48. The van der Waals surface area contributed by atoms with Crippen LogP contribution in [0.1, 0.15) is 44.7 Å². The highest BCUT2D eigenvalue weighted by Gasteiger charge is 2.29. The molecule has 1 N–H and O–H groups in total. The van der Waals surface area contributed by atoms with Gasteiger partial charge in [0.05, 0.1) is 18.4 Å². The Morgan fingerprint density at radius 2 is 2.05 bits per heavy atom. The normalized spacial score (nSPS) is 18.4. The van der Waals surface area contributed by atoms with Crippen LogP contribution in [0.2, 0.25) is 0 Å². The number of benzene rings is 1. The van der Waals surface area contributed by atoms with Crippen molar-refractivity contribution in [1.82, 2.24) is 0 Å². The van der Waals surface area contributed by atoms with Crippen LogP contribution < -0.4 is 0 Å². The van der Waals surface area contributed by atoms with Gasteiger partial charge in [0.25, 0.3) is 0 Å². The van der Waals surface area contributed by atoms with E-state index >= 15 is 0 Å². The number of hydrogen-bond acceptors (Lipinski definition) is 4. The number of esters is 1. The minimum Gasteiger partial charge on any atom is -0.511 e. The van der Waals surface area contributed by atoms with Gasteiger partial charge in [0.1, 0.15) is 11.3 Å². The Bertz CT molecular complexity index is 561. The average molecular weight is 287 g/mol. The van der Waals surface area contributed by atoms with E-state index in [9.17, 15) is 9.90 Å². The molecule has 4 nitrogen and oxygen atoms in total. The smallest absolute Gasteiger partial charge is 0.343 e. The van der Waals surface area contributed by atoms with Crippen LogP contribution in [-0.4, -0.2) is 23.4 Å². The second-order valence-corrected chi connectivity index (χ2v) is 5.00. The lowest BCUT2D eigenvalue weighted by Gasteiger charge is -2.23. The zero-order valence-corrected chi connectivity index (χ0v) is 12.5. The van der Waals surface area contributed by atoms with Crippen LogP contribution >= 0.6 is 0 Å². The second-order valence-electron chi connectivity index (χ2n) is 5.00. The molecule has 0 amide bonds. The number of dihydropyridines is 1. The first kappa shape index (κ1) is 15.3. The Balaban J connectivity index is 2.33. The second kappa shape index (κ2) is 7.07. The van der Waals surface area contributed by atoms with Crippen molar-refractivity contribution < 1.29 is 14.6 Å². The largest absolute Gasteiger partial charge is 0.511 e. The summed E-state index contributed by atoms with van der Waals surface area (Å²) in [5, 5.41) is 10.3. The van der Waals surface area contributed by atoms with E-state index < -0.39 is 5.97 Å². The van der Waals surface area contributed by atoms with E-state index in [-0.39, 0.29) is 24.0 Å². The van der Waals surface area contributed by atoms with Crippen molar-refractivity contribution in [3.05, 3.63) is 47.2 Å². The summed E-state index contributed by atoms with van der Waals surface area (Å²) in [5.74, 6) is -0.394. The molecule has 112 valence electrons. The number of nitrogens with zero attached hydrogens (tertiary/aromatic N) is 1. The Morgan fingerprint density at radius 1 is 1.33 bits per heavy atom. The molecule has 0 fully saturated rings. The van der Waals surface area contributed by atoms with Gasteiger partial charge in [-0.2, -0.15) is 0 Å². The molecule has 2 rings (SSSR count). The van der Waals surface area contributed by atoms with Crippen LogP contribution in [0.25, 0.3) is 0 Å². The molecule has 0 aromatic heterocycles. The minimum atomic E-state index is -0.478. The number of aliphatic imine (C=N–C) groups is 1. The Hall–Kier alpha value is -2.10. The number of aliphatic hydroxyl groups is 1. The van der Waals surface area contributed by atoms with Crippen LogP contribution in [0, 0.1) is 0 Å². The number of ether oxygens (including phenoxy) is 1. The molecule has 0 saturated carbocycles. The maximum absolute atomic E-state index is 12.0. The molecule has 21 heavy (non-hydrogen) atoms. The minimum absolute atomic E-state index is 0.0840. The molecule has 1 aliphatic heterocycles. The van der Waals surface area contributed by atoms with Gasteiger partial charge in [0, 0.05) is 6.42 Å². The summed E-state index contributed by atoms with van der Waals surface area (Å²) in [6, 6.07) is 9.69. The summed E-state index contributed by atoms with van der Waals surface area (Å²) in [6.07, 6.45) is 1.85. The molecule has 0 radical (unpaired) electrons. The van der Waals surface area contributed by atoms with Gasteiger partial charge in [-0.1, -0.05) is 43.7 Å². The van der Waals surface area contributed by atoms with Gasteiger partial charge in [0.2, 0.25) is 0 Å². The number of carbonyl (C=O) groups is 1. The Kier molecular flexibility index (Phi) is 5.14. The van der Waals surface area contributed by atoms with Crippen LogP contribution in [0.4, 0.5) is 0 Å². The first-order valence-corrected chi connectivity index (χ1v) is 7.38. The molecule has 0 bridgehead atoms. The molecule has 1 heterocycles. The number of rotatable bonds is 5. The summed E-state index contributed by atoms with van der Waals surface area (Å²) in [5.41, 5.74) is 1.94. The first-order valence-electron chi connectivity index (χ1n) is 7.38.